The summed E-state index contributed by atoms with van der Waals surface area (Å²) in [5, 5.41) is 0. The molecular weight excluding hydrogens is 146 g/mol. The Morgan fingerprint density at radius 3 is 3.08 bits per heavy atom. The molecule has 0 radical (unpaired) electrons. The van der Waals surface area contributed by atoms with Gasteiger partial charge in [0.15, 0.2) is 0 Å². The van der Waals surface area contributed by atoms with Crippen molar-refractivity contribution in [2.24, 2.45) is 5.73 Å². The molecule has 0 fully saturated rings. The Bertz CT molecular complexity index is 242. The van der Waals surface area contributed by atoms with Crippen LogP contribution in [0.25, 0.3) is 0 Å². The summed E-state index contributed by atoms with van der Waals surface area (Å²) >= 11 is 0. The van der Waals surface area contributed by atoms with E-state index in [4.69, 9.17) is 5.73 Å². The van der Waals surface area contributed by atoms with E-state index >= 15 is 0 Å². The van der Waals surface area contributed by atoms with Crippen LogP contribution in [0.5, 0.6) is 0 Å². The Morgan fingerprint density at radius 1 is 1.50 bits per heavy atom. The molecule has 0 amide bonds. The lowest BCUT2D eigenvalue weighted by molar-refractivity contribution is 0.925. The van der Waals surface area contributed by atoms with E-state index in [0.717, 1.165) is 6.42 Å². The second-order valence-electron chi connectivity index (χ2n) is 2.95. The summed E-state index contributed by atoms with van der Waals surface area (Å²) in [4.78, 5) is 0. The molecule has 1 rings (SSSR count). The third kappa shape index (κ3) is 3.35. The van der Waals surface area contributed by atoms with Crippen LogP contribution >= 0.6 is 0 Å². The second-order valence-corrected chi connectivity index (χ2v) is 2.95. The molecule has 0 aromatic heterocycles. The lowest BCUT2D eigenvalue weighted by atomic mass is 10.2. The summed E-state index contributed by atoms with van der Waals surface area (Å²) in [5.41, 5.74) is 6.80. The highest BCUT2D eigenvalue weighted by molar-refractivity contribution is 5.36. The Morgan fingerprint density at radius 2 is 2.33 bits per heavy atom. The molecule has 1 aliphatic rings. The van der Waals surface area contributed by atoms with E-state index in [-0.39, 0.29) is 6.04 Å². The molecule has 0 spiro atoms. The Labute approximate surface area is 74.0 Å². The van der Waals surface area contributed by atoms with Crippen LogP contribution in [0.1, 0.15) is 13.3 Å². The third-order valence-electron chi connectivity index (χ3n) is 1.60. The largest absolute Gasteiger partial charge is 0.325 e. The van der Waals surface area contributed by atoms with Gasteiger partial charge < -0.3 is 5.73 Å². The maximum Gasteiger partial charge on any atom is 0.0198 e. The van der Waals surface area contributed by atoms with E-state index < -0.39 is 0 Å². The molecule has 12 heavy (non-hydrogen) atoms. The topological polar surface area (TPSA) is 26.0 Å². The van der Waals surface area contributed by atoms with Gasteiger partial charge in [-0.25, -0.2) is 0 Å². The summed E-state index contributed by atoms with van der Waals surface area (Å²) in [6, 6.07) is 0.131. The van der Waals surface area contributed by atoms with Crippen molar-refractivity contribution >= 4 is 0 Å². The summed E-state index contributed by atoms with van der Waals surface area (Å²) in [7, 11) is 0. The molecule has 0 aliphatic heterocycles. The Balaban J connectivity index is 2.62. The van der Waals surface area contributed by atoms with Crippen LogP contribution in [0.4, 0.5) is 0 Å². The van der Waals surface area contributed by atoms with Gasteiger partial charge in [-0.05, 0) is 18.9 Å². The first-order valence-corrected chi connectivity index (χ1v) is 4.26. The van der Waals surface area contributed by atoms with Gasteiger partial charge in [0, 0.05) is 6.04 Å². The molecule has 0 heterocycles. The zero-order chi connectivity index (χ0) is 8.81. The molecule has 1 heteroatoms. The molecule has 0 saturated carbocycles. The quantitative estimate of drug-likeness (QED) is 0.661. The van der Waals surface area contributed by atoms with E-state index in [1.807, 2.05) is 13.0 Å². The zero-order valence-electron chi connectivity index (χ0n) is 7.40. The summed E-state index contributed by atoms with van der Waals surface area (Å²) < 4.78 is 0. The highest BCUT2D eigenvalue weighted by Crippen LogP contribution is 2.05. The Kier molecular flexibility index (Phi) is 3.55. The number of allylic oxidation sites excluding steroid dienone is 7. The van der Waals surface area contributed by atoms with Gasteiger partial charge in [-0.3, -0.25) is 0 Å². The fourth-order valence-electron chi connectivity index (χ4n) is 0.970. The minimum absolute atomic E-state index is 0.131. The molecular formula is C11H15N. The molecule has 1 unspecified atom stereocenters. The molecule has 0 aromatic carbocycles. The predicted octanol–water partition coefficient (Wildman–Crippen LogP) is 2.33. The van der Waals surface area contributed by atoms with Gasteiger partial charge >= 0.3 is 0 Å². The Hall–Kier alpha value is -1.08. The molecule has 1 atom stereocenters. The smallest absolute Gasteiger partial charge is 0.0198 e. The van der Waals surface area contributed by atoms with Crippen molar-refractivity contribution in [3.05, 3.63) is 48.1 Å². The van der Waals surface area contributed by atoms with Crippen molar-refractivity contribution in [1.82, 2.24) is 0 Å². The number of nitrogens with two attached hydrogens (primary N) is 1. The van der Waals surface area contributed by atoms with Crippen LogP contribution in [0.2, 0.25) is 0 Å². The second kappa shape index (κ2) is 4.73. The standard InChI is InChI=1S/C11H15N/c1-10(12)8-9-11-6-4-2-3-5-7-11/h2,4-10H,3,12H2,1H3/b9-8-. The molecule has 64 valence electrons. The lowest BCUT2D eigenvalue weighted by Crippen LogP contribution is -2.10. The number of hydrogen-bond acceptors (Lipinski definition) is 1. The van der Waals surface area contributed by atoms with Gasteiger partial charge in [0.1, 0.15) is 0 Å². The number of rotatable bonds is 2. The van der Waals surface area contributed by atoms with Gasteiger partial charge in [0.05, 0.1) is 0 Å². The maximum atomic E-state index is 5.59. The lowest BCUT2D eigenvalue weighted by Gasteiger charge is -1.94. The predicted molar refractivity (Wildman–Crippen MR) is 53.8 cm³/mol. The molecule has 2 N–H and O–H groups in total. The highest BCUT2D eigenvalue weighted by Gasteiger charge is 1.88. The van der Waals surface area contributed by atoms with Gasteiger partial charge in [-0.2, -0.15) is 0 Å². The molecule has 1 aliphatic carbocycles. The molecule has 0 bridgehead atoms. The first kappa shape index (κ1) is 9.01. The first-order chi connectivity index (χ1) is 5.79. The number of hydrogen-bond donors (Lipinski definition) is 1. The SMILES string of the molecule is CC(N)/C=C\C1=CC=CCC=C1. The third-order valence-corrected chi connectivity index (χ3v) is 1.60. The van der Waals surface area contributed by atoms with E-state index in [1.54, 1.807) is 0 Å². The highest BCUT2D eigenvalue weighted by atomic mass is 14.6. The fourth-order valence-corrected chi connectivity index (χ4v) is 0.970. The molecule has 0 saturated heterocycles. The summed E-state index contributed by atoms with van der Waals surface area (Å²) in [6.07, 6.45) is 15.6. The van der Waals surface area contributed by atoms with Crippen LogP contribution in [-0.4, -0.2) is 6.04 Å². The van der Waals surface area contributed by atoms with Crippen molar-refractivity contribution in [2.45, 2.75) is 19.4 Å². The minimum atomic E-state index is 0.131. The summed E-state index contributed by atoms with van der Waals surface area (Å²) in [6.45, 7) is 1.97. The van der Waals surface area contributed by atoms with Crippen molar-refractivity contribution in [1.29, 1.82) is 0 Å². The average molecular weight is 161 g/mol. The normalized spacial score (nSPS) is 19.3. The van der Waals surface area contributed by atoms with Crippen LogP contribution in [-0.2, 0) is 0 Å². The maximum absolute atomic E-state index is 5.59. The van der Waals surface area contributed by atoms with E-state index in [1.165, 1.54) is 5.57 Å². The van der Waals surface area contributed by atoms with Gasteiger partial charge in [0.2, 0.25) is 0 Å². The zero-order valence-corrected chi connectivity index (χ0v) is 7.40. The first-order valence-electron chi connectivity index (χ1n) is 4.26. The van der Waals surface area contributed by atoms with Crippen LogP contribution in [0, 0.1) is 0 Å². The minimum Gasteiger partial charge on any atom is -0.325 e. The molecule has 0 aromatic rings. The van der Waals surface area contributed by atoms with Crippen LogP contribution in [0.3, 0.4) is 0 Å². The van der Waals surface area contributed by atoms with Gasteiger partial charge in [-0.15, -0.1) is 0 Å². The fraction of sp³-hybridized carbons (Fsp3) is 0.273. The van der Waals surface area contributed by atoms with Crippen molar-refractivity contribution in [3.63, 3.8) is 0 Å². The van der Waals surface area contributed by atoms with Crippen molar-refractivity contribution in [2.75, 3.05) is 0 Å². The van der Waals surface area contributed by atoms with Gasteiger partial charge in [-0.1, -0.05) is 42.5 Å². The van der Waals surface area contributed by atoms with Gasteiger partial charge in [0.25, 0.3) is 0 Å². The van der Waals surface area contributed by atoms with Crippen LogP contribution in [0.15, 0.2) is 48.1 Å². The van der Waals surface area contributed by atoms with E-state index in [9.17, 15) is 0 Å². The van der Waals surface area contributed by atoms with Crippen molar-refractivity contribution < 1.29 is 0 Å². The van der Waals surface area contributed by atoms with Crippen LogP contribution < -0.4 is 5.73 Å². The van der Waals surface area contributed by atoms with E-state index in [2.05, 4.69) is 36.5 Å². The average Bonchev–Trinajstić information content (AvgIpc) is 2.28. The molecule has 1 nitrogen and oxygen atoms in total. The van der Waals surface area contributed by atoms with E-state index in [0.29, 0.717) is 0 Å². The van der Waals surface area contributed by atoms with Crippen molar-refractivity contribution in [3.8, 4) is 0 Å². The monoisotopic (exact) mass is 161 g/mol. The summed E-state index contributed by atoms with van der Waals surface area (Å²) in [5.74, 6) is 0.